The molecular formula is C11H18O. The summed E-state index contributed by atoms with van der Waals surface area (Å²) in [4.78, 5) is 0. The molecule has 0 aromatic heterocycles. The van der Waals surface area contributed by atoms with Crippen molar-refractivity contribution < 1.29 is 5.11 Å². The van der Waals surface area contributed by atoms with Gasteiger partial charge in [0.1, 0.15) is 0 Å². The van der Waals surface area contributed by atoms with Gasteiger partial charge < -0.3 is 5.11 Å². The first-order valence-corrected chi connectivity index (χ1v) is 4.80. The van der Waals surface area contributed by atoms with Crippen LogP contribution >= 0.6 is 0 Å². The Labute approximate surface area is 74.8 Å². The van der Waals surface area contributed by atoms with E-state index in [4.69, 9.17) is 0 Å². The third-order valence-electron chi connectivity index (χ3n) is 2.37. The average molecular weight is 166 g/mol. The van der Waals surface area contributed by atoms with Gasteiger partial charge in [0.25, 0.3) is 0 Å². The van der Waals surface area contributed by atoms with Gasteiger partial charge in [0, 0.05) is 0 Å². The van der Waals surface area contributed by atoms with Crippen molar-refractivity contribution in [2.24, 2.45) is 5.92 Å². The molecule has 1 aliphatic rings. The van der Waals surface area contributed by atoms with E-state index in [0.29, 0.717) is 5.92 Å². The fourth-order valence-electron chi connectivity index (χ4n) is 1.71. The van der Waals surface area contributed by atoms with Crippen molar-refractivity contribution in [3.8, 4) is 0 Å². The van der Waals surface area contributed by atoms with Crippen molar-refractivity contribution >= 4 is 0 Å². The molecule has 1 aliphatic carbocycles. The molecule has 12 heavy (non-hydrogen) atoms. The van der Waals surface area contributed by atoms with Crippen molar-refractivity contribution in [1.82, 2.24) is 0 Å². The molecule has 0 unspecified atom stereocenters. The summed E-state index contributed by atoms with van der Waals surface area (Å²) in [6.45, 7) is 2.01. The van der Waals surface area contributed by atoms with E-state index in [0.717, 1.165) is 12.8 Å². The van der Waals surface area contributed by atoms with E-state index in [1.807, 2.05) is 19.1 Å². The zero-order valence-electron chi connectivity index (χ0n) is 7.74. The highest BCUT2D eigenvalue weighted by molar-refractivity contribution is 5.04. The van der Waals surface area contributed by atoms with E-state index in [1.165, 1.54) is 12.8 Å². The summed E-state index contributed by atoms with van der Waals surface area (Å²) in [5.41, 5.74) is 0. The fourth-order valence-corrected chi connectivity index (χ4v) is 1.71. The van der Waals surface area contributed by atoms with Gasteiger partial charge in [0.05, 0.1) is 6.10 Å². The first-order valence-electron chi connectivity index (χ1n) is 4.80. The minimum atomic E-state index is -0.0565. The summed E-state index contributed by atoms with van der Waals surface area (Å²) in [6.07, 6.45) is 12.7. The Hall–Kier alpha value is -0.560. The Bertz CT molecular complexity index is 170. The minimum Gasteiger partial charge on any atom is -0.393 e. The van der Waals surface area contributed by atoms with E-state index in [2.05, 4.69) is 12.2 Å². The van der Waals surface area contributed by atoms with E-state index >= 15 is 0 Å². The molecule has 68 valence electrons. The van der Waals surface area contributed by atoms with Gasteiger partial charge in [-0.3, -0.25) is 0 Å². The predicted octanol–water partition coefficient (Wildman–Crippen LogP) is 2.67. The van der Waals surface area contributed by atoms with Crippen molar-refractivity contribution in [2.75, 3.05) is 0 Å². The van der Waals surface area contributed by atoms with Crippen molar-refractivity contribution in [2.45, 2.75) is 38.7 Å². The number of allylic oxidation sites excluding steroid dienone is 4. The molecule has 1 heteroatoms. The normalized spacial score (nSPS) is 31.8. The van der Waals surface area contributed by atoms with Crippen LogP contribution in [0.5, 0.6) is 0 Å². The van der Waals surface area contributed by atoms with Crippen LogP contribution in [0.25, 0.3) is 0 Å². The van der Waals surface area contributed by atoms with Crippen LogP contribution in [-0.2, 0) is 0 Å². The summed E-state index contributed by atoms with van der Waals surface area (Å²) in [6, 6.07) is 0. The van der Waals surface area contributed by atoms with E-state index in [9.17, 15) is 5.11 Å². The molecule has 1 N–H and O–H groups in total. The lowest BCUT2D eigenvalue weighted by atomic mass is 9.87. The molecule has 2 atom stereocenters. The van der Waals surface area contributed by atoms with Crippen molar-refractivity contribution in [1.29, 1.82) is 0 Å². The summed E-state index contributed by atoms with van der Waals surface area (Å²) < 4.78 is 0. The Kier molecular flexibility index (Phi) is 4.09. The largest absolute Gasteiger partial charge is 0.393 e. The molecule has 0 heterocycles. The zero-order valence-corrected chi connectivity index (χ0v) is 7.74. The highest BCUT2D eigenvalue weighted by atomic mass is 16.3. The number of aliphatic hydroxyl groups is 1. The molecule has 0 radical (unpaired) electrons. The average Bonchev–Trinajstić information content (AvgIpc) is 2.05. The van der Waals surface area contributed by atoms with E-state index in [-0.39, 0.29) is 6.10 Å². The third kappa shape index (κ3) is 3.22. The number of aliphatic hydroxyl groups excluding tert-OH is 1. The molecule has 1 rings (SSSR count). The lowest BCUT2D eigenvalue weighted by molar-refractivity contribution is 0.113. The van der Waals surface area contributed by atoms with Crippen LogP contribution in [0.1, 0.15) is 32.6 Å². The van der Waals surface area contributed by atoms with E-state index in [1.54, 1.807) is 0 Å². The van der Waals surface area contributed by atoms with Crippen LogP contribution in [-0.4, -0.2) is 11.2 Å². The summed E-state index contributed by atoms with van der Waals surface area (Å²) in [5, 5.41) is 9.38. The van der Waals surface area contributed by atoms with Crippen LogP contribution in [0.2, 0.25) is 0 Å². The molecule has 1 fully saturated rings. The Balaban J connectivity index is 2.31. The van der Waals surface area contributed by atoms with Crippen LogP contribution in [0.3, 0.4) is 0 Å². The van der Waals surface area contributed by atoms with Gasteiger partial charge in [-0.1, -0.05) is 30.7 Å². The van der Waals surface area contributed by atoms with Gasteiger partial charge in [-0.25, -0.2) is 0 Å². The smallest absolute Gasteiger partial charge is 0.0545 e. The van der Waals surface area contributed by atoms with Gasteiger partial charge in [-0.15, -0.1) is 0 Å². The molecule has 0 aromatic carbocycles. The van der Waals surface area contributed by atoms with Crippen molar-refractivity contribution in [3.63, 3.8) is 0 Å². The fraction of sp³-hybridized carbons (Fsp3) is 0.636. The predicted molar refractivity (Wildman–Crippen MR) is 51.9 cm³/mol. The third-order valence-corrected chi connectivity index (χ3v) is 2.37. The molecular weight excluding hydrogens is 148 g/mol. The molecule has 0 aromatic rings. The zero-order chi connectivity index (χ0) is 8.81. The molecule has 0 saturated heterocycles. The second kappa shape index (κ2) is 5.15. The first-order chi connectivity index (χ1) is 5.83. The standard InChI is InChI=1S/C11H18O/c1-2-3-4-6-10-7-5-8-11(12)9-10/h2-4,6,10-12H,5,7-9H2,1H3/b3-2+,6-4+/t10-,11+/m0/s1. The van der Waals surface area contributed by atoms with Gasteiger partial charge in [0.2, 0.25) is 0 Å². The second-order valence-corrected chi connectivity index (χ2v) is 3.49. The van der Waals surface area contributed by atoms with Gasteiger partial charge in [-0.05, 0) is 32.1 Å². The van der Waals surface area contributed by atoms with E-state index < -0.39 is 0 Å². The Morgan fingerprint density at radius 2 is 2.08 bits per heavy atom. The lowest BCUT2D eigenvalue weighted by Gasteiger charge is -2.22. The quantitative estimate of drug-likeness (QED) is 0.625. The molecule has 1 nitrogen and oxygen atoms in total. The van der Waals surface area contributed by atoms with Crippen LogP contribution in [0.4, 0.5) is 0 Å². The topological polar surface area (TPSA) is 20.2 Å². The van der Waals surface area contributed by atoms with Crippen molar-refractivity contribution in [3.05, 3.63) is 24.3 Å². The van der Waals surface area contributed by atoms with Gasteiger partial charge >= 0.3 is 0 Å². The first kappa shape index (κ1) is 9.53. The molecule has 1 saturated carbocycles. The SMILES string of the molecule is C/C=C/C=C/[C@H]1CCC[C@@H](O)C1. The lowest BCUT2D eigenvalue weighted by Crippen LogP contribution is -2.17. The van der Waals surface area contributed by atoms with Gasteiger partial charge in [0.15, 0.2) is 0 Å². The number of hydrogen-bond donors (Lipinski definition) is 1. The van der Waals surface area contributed by atoms with Crippen LogP contribution in [0, 0.1) is 5.92 Å². The highest BCUT2D eigenvalue weighted by Crippen LogP contribution is 2.24. The summed E-state index contributed by atoms with van der Waals surface area (Å²) in [5.74, 6) is 0.602. The number of rotatable bonds is 2. The molecule has 0 spiro atoms. The Morgan fingerprint density at radius 3 is 2.75 bits per heavy atom. The van der Waals surface area contributed by atoms with Crippen LogP contribution in [0.15, 0.2) is 24.3 Å². The van der Waals surface area contributed by atoms with Gasteiger partial charge in [-0.2, -0.15) is 0 Å². The minimum absolute atomic E-state index is 0.0565. The highest BCUT2D eigenvalue weighted by Gasteiger charge is 2.17. The monoisotopic (exact) mass is 166 g/mol. The maximum atomic E-state index is 9.38. The van der Waals surface area contributed by atoms with Crippen LogP contribution < -0.4 is 0 Å². The summed E-state index contributed by atoms with van der Waals surface area (Å²) >= 11 is 0. The molecule has 0 amide bonds. The number of hydrogen-bond acceptors (Lipinski definition) is 1. The maximum Gasteiger partial charge on any atom is 0.0545 e. The summed E-state index contributed by atoms with van der Waals surface area (Å²) in [7, 11) is 0. The second-order valence-electron chi connectivity index (χ2n) is 3.49. The molecule has 0 aliphatic heterocycles. The Morgan fingerprint density at radius 1 is 1.25 bits per heavy atom. The maximum absolute atomic E-state index is 9.38. The molecule has 0 bridgehead atoms.